The van der Waals surface area contributed by atoms with E-state index in [0.29, 0.717) is 0 Å². The highest BCUT2D eigenvalue weighted by Crippen LogP contribution is 2.11. The smallest absolute Gasteiger partial charge is 0.103 e. The minimum atomic E-state index is -0.498. The van der Waals surface area contributed by atoms with E-state index in [1.807, 2.05) is 0 Å². The molecule has 0 spiro atoms. The molecule has 0 heterocycles. The molecule has 0 aliphatic rings. The van der Waals surface area contributed by atoms with Crippen molar-refractivity contribution in [2.75, 3.05) is 0 Å². The van der Waals surface area contributed by atoms with E-state index in [1.54, 1.807) is 0 Å². The summed E-state index contributed by atoms with van der Waals surface area (Å²) >= 11 is 4.92. The van der Waals surface area contributed by atoms with E-state index in [2.05, 4.69) is 57.1 Å². The van der Waals surface area contributed by atoms with Crippen molar-refractivity contribution in [3.63, 3.8) is 0 Å². The van der Waals surface area contributed by atoms with Gasteiger partial charge in [-0.2, -0.15) is 0 Å². The molecule has 0 N–H and O–H groups in total. The van der Waals surface area contributed by atoms with E-state index < -0.39 is 3.79 Å². The highest BCUT2D eigenvalue weighted by atomic mass is 127. The van der Waals surface area contributed by atoms with Crippen LogP contribution >= 0.6 is 43.6 Å². The fourth-order valence-electron chi connectivity index (χ4n) is 0. The van der Waals surface area contributed by atoms with Crippen LogP contribution in [0, 0.1) is 0 Å². The molecule has 0 atom stereocenters. The van der Waals surface area contributed by atoms with Crippen molar-refractivity contribution in [2.45, 2.75) is 6.92 Å². The molecule has 36 valence electrons. The SMILES string of the molecule is C=C(C)[SiH](I)I. The quantitative estimate of drug-likeness (QED) is 0.394. The number of rotatable bonds is 1. The predicted octanol–water partition coefficient (Wildman–Crippen LogP) is 2.19. The van der Waals surface area contributed by atoms with E-state index in [0.717, 1.165) is 0 Å². The maximum Gasteiger partial charge on any atom is 0.202 e. The molecule has 0 aromatic rings. The van der Waals surface area contributed by atoms with Gasteiger partial charge in [-0.3, -0.25) is 0 Å². The topological polar surface area (TPSA) is 0 Å². The van der Waals surface area contributed by atoms with E-state index in [-0.39, 0.29) is 0 Å². The molecule has 0 saturated heterocycles. The predicted molar refractivity (Wildman–Crippen MR) is 50.0 cm³/mol. The van der Waals surface area contributed by atoms with Crippen molar-refractivity contribution >= 4 is 47.4 Å². The fourth-order valence-corrected chi connectivity index (χ4v) is 0. The molecule has 6 heavy (non-hydrogen) atoms. The van der Waals surface area contributed by atoms with E-state index >= 15 is 0 Å². The molecule has 0 radical (unpaired) electrons. The Morgan fingerprint density at radius 3 is 1.83 bits per heavy atom. The third-order valence-corrected chi connectivity index (χ3v) is 7.50. The first-order chi connectivity index (χ1) is 2.64. The van der Waals surface area contributed by atoms with Gasteiger partial charge in [0.25, 0.3) is 0 Å². The summed E-state index contributed by atoms with van der Waals surface area (Å²) in [7, 11) is 0. The van der Waals surface area contributed by atoms with Crippen LogP contribution in [-0.4, -0.2) is 3.79 Å². The Bertz CT molecular complexity index is 59.8. The van der Waals surface area contributed by atoms with Crippen molar-refractivity contribution in [1.29, 1.82) is 0 Å². The number of hydrogen-bond acceptors (Lipinski definition) is 0. The van der Waals surface area contributed by atoms with Crippen LogP contribution in [-0.2, 0) is 0 Å². The first-order valence-corrected chi connectivity index (χ1v) is 10.5. The average Bonchev–Trinajstić information content (AvgIpc) is 1.36. The summed E-state index contributed by atoms with van der Waals surface area (Å²) in [4.78, 5) is 0. The number of allylic oxidation sites excluding steroid dienone is 1. The first kappa shape index (κ1) is 7.42. The molecule has 0 aromatic carbocycles. The molecule has 0 aliphatic heterocycles. The van der Waals surface area contributed by atoms with Gasteiger partial charge in [0.05, 0.1) is 0 Å². The van der Waals surface area contributed by atoms with Crippen LogP contribution in [0.25, 0.3) is 0 Å². The maximum absolute atomic E-state index is 3.80. The highest BCUT2D eigenvalue weighted by Gasteiger charge is 1.96. The Hall–Kier alpha value is 1.42. The molecule has 0 aliphatic carbocycles. The summed E-state index contributed by atoms with van der Waals surface area (Å²) in [6, 6.07) is 0. The minimum Gasteiger partial charge on any atom is -0.103 e. The summed E-state index contributed by atoms with van der Waals surface area (Å²) in [5.74, 6) is 0. The Morgan fingerprint density at radius 1 is 1.67 bits per heavy atom. The van der Waals surface area contributed by atoms with Crippen LogP contribution < -0.4 is 0 Å². The van der Waals surface area contributed by atoms with E-state index in [9.17, 15) is 0 Å². The summed E-state index contributed by atoms with van der Waals surface area (Å²) in [6.07, 6.45) is 0. The minimum absolute atomic E-state index is 0.498. The highest BCUT2D eigenvalue weighted by molar-refractivity contribution is 14.3. The van der Waals surface area contributed by atoms with Gasteiger partial charge in [0.1, 0.15) is 0 Å². The van der Waals surface area contributed by atoms with E-state index in [1.165, 1.54) is 5.20 Å². The van der Waals surface area contributed by atoms with Gasteiger partial charge in [0.2, 0.25) is 3.79 Å². The van der Waals surface area contributed by atoms with Crippen LogP contribution in [0.3, 0.4) is 0 Å². The lowest BCUT2D eigenvalue weighted by Gasteiger charge is -1.90. The largest absolute Gasteiger partial charge is 0.202 e. The molecule has 3 heteroatoms. The Kier molecular flexibility index (Phi) is 4.23. The van der Waals surface area contributed by atoms with Gasteiger partial charge >= 0.3 is 0 Å². The Labute approximate surface area is 65.4 Å². The molecule has 0 nitrogen and oxygen atoms in total. The maximum atomic E-state index is 3.80. The average molecular weight is 324 g/mol. The molecule has 0 fully saturated rings. The zero-order chi connectivity index (χ0) is 5.15. The number of halogens is 2. The van der Waals surface area contributed by atoms with Crippen molar-refractivity contribution in [3.05, 3.63) is 11.8 Å². The Morgan fingerprint density at radius 2 is 1.83 bits per heavy atom. The van der Waals surface area contributed by atoms with Crippen LogP contribution in [0.1, 0.15) is 6.92 Å². The second kappa shape index (κ2) is 3.42. The summed E-state index contributed by atoms with van der Waals surface area (Å²) in [5, 5.41) is 1.37. The monoisotopic (exact) mass is 324 g/mol. The standard InChI is InChI=1S/C3H6I2Si/c1-3(2)6(4)5/h6H,1H2,2H3. The van der Waals surface area contributed by atoms with Crippen LogP contribution in [0.5, 0.6) is 0 Å². The second-order valence-corrected chi connectivity index (χ2v) is 17.4. The molecular weight excluding hydrogens is 318 g/mol. The molecule has 0 saturated carbocycles. The lowest BCUT2D eigenvalue weighted by atomic mass is 10.8. The zero-order valence-electron chi connectivity index (χ0n) is 3.54. The lowest BCUT2D eigenvalue weighted by molar-refractivity contribution is 1.71. The van der Waals surface area contributed by atoms with Gasteiger partial charge in [-0.15, -0.1) is 50.2 Å². The van der Waals surface area contributed by atoms with Gasteiger partial charge in [0.15, 0.2) is 0 Å². The van der Waals surface area contributed by atoms with Crippen molar-refractivity contribution in [2.24, 2.45) is 0 Å². The molecule has 0 amide bonds. The van der Waals surface area contributed by atoms with Gasteiger partial charge in [-0.1, -0.05) is 5.20 Å². The lowest BCUT2D eigenvalue weighted by Crippen LogP contribution is -1.88. The van der Waals surface area contributed by atoms with Crippen molar-refractivity contribution in [1.82, 2.24) is 0 Å². The molecular formula is C3H6I2Si. The third kappa shape index (κ3) is 3.60. The summed E-state index contributed by atoms with van der Waals surface area (Å²) < 4.78 is -0.498. The van der Waals surface area contributed by atoms with Gasteiger partial charge in [-0.25, -0.2) is 0 Å². The van der Waals surface area contributed by atoms with Crippen LogP contribution in [0.2, 0.25) is 0 Å². The third-order valence-electron chi connectivity index (χ3n) is 0.373. The normalized spacial score (nSPS) is 9.33. The number of hydrogen-bond donors (Lipinski definition) is 0. The van der Waals surface area contributed by atoms with E-state index in [4.69, 9.17) is 0 Å². The second-order valence-electron chi connectivity index (χ2n) is 1.15. The first-order valence-electron chi connectivity index (χ1n) is 1.58. The van der Waals surface area contributed by atoms with Crippen LogP contribution in [0.4, 0.5) is 0 Å². The van der Waals surface area contributed by atoms with Gasteiger partial charge in [-0.05, 0) is 6.92 Å². The zero-order valence-corrected chi connectivity index (χ0v) is 9.01. The fraction of sp³-hybridized carbons (Fsp3) is 0.333. The van der Waals surface area contributed by atoms with Gasteiger partial charge in [0, 0.05) is 0 Å². The summed E-state index contributed by atoms with van der Waals surface area (Å²) in [6.45, 7) is 5.89. The van der Waals surface area contributed by atoms with Crippen molar-refractivity contribution < 1.29 is 0 Å². The molecule has 0 unspecified atom stereocenters. The Balaban J connectivity index is 3.26. The molecule has 0 rings (SSSR count). The van der Waals surface area contributed by atoms with Crippen molar-refractivity contribution in [3.8, 4) is 0 Å². The van der Waals surface area contributed by atoms with Crippen LogP contribution in [0.15, 0.2) is 11.8 Å². The molecule has 0 aromatic heterocycles. The van der Waals surface area contributed by atoms with Gasteiger partial charge < -0.3 is 0 Å². The molecule has 0 bridgehead atoms. The summed E-state index contributed by atoms with van der Waals surface area (Å²) in [5.41, 5.74) is 0.